The molecule has 37 heavy (non-hydrogen) atoms. The van der Waals surface area contributed by atoms with Gasteiger partial charge in [-0.15, -0.1) is 0 Å². The Morgan fingerprint density at radius 1 is 1.08 bits per heavy atom. The fraction of sp³-hybridized carbons (Fsp3) is 0.250. The summed E-state index contributed by atoms with van der Waals surface area (Å²) in [6.45, 7) is 6.71. The van der Waals surface area contributed by atoms with Gasteiger partial charge < -0.3 is 19.0 Å². The predicted molar refractivity (Wildman–Crippen MR) is 141 cm³/mol. The van der Waals surface area contributed by atoms with Gasteiger partial charge in [0.05, 0.1) is 29.0 Å². The largest absolute Gasteiger partial charge is 0.507 e. The maximum Gasteiger partial charge on any atom is 0.302 e. The summed E-state index contributed by atoms with van der Waals surface area (Å²) < 4.78 is 18.0. The summed E-state index contributed by atoms with van der Waals surface area (Å²) >= 11 is 1.26. The summed E-state index contributed by atoms with van der Waals surface area (Å²) in [5, 5.41) is 11.7. The van der Waals surface area contributed by atoms with Gasteiger partial charge in [-0.25, -0.2) is 4.98 Å². The molecular formula is C28H26N2O6S. The van der Waals surface area contributed by atoms with Crippen molar-refractivity contribution in [2.24, 2.45) is 0 Å². The molecule has 1 saturated heterocycles. The van der Waals surface area contributed by atoms with E-state index in [9.17, 15) is 14.7 Å². The first-order chi connectivity index (χ1) is 17.9. The highest BCUT2D eigenvalue weighted by Crippen LogP contribution is 2.45. The Hall–Kier alpha value is -4.11. The third-order valence-corrected chi connectivity index (χ3v) is 6.94. The van der Waals surface area contributed by atoms with Gasteiger partial charge in [0, 0.05) is 5.56 Å². The molecule has 1 aliphatic heterocycles. The average Bonchev–Trinajstić information content (AvgIpc) is 3.58. The number of Topliss-reactive ketones (excluding diaryl/α,β-unsaturated/α-hetero) is 1. The van der Waals surface area contributed by atoms with Crippen molar-refractivity contribution in [1.29, 1.82) is 0 Å². The van der Waals surface area contributed by atoms with Crippen LogP contribution in [0.4, 0.5) is 5.13 Å². The van der Waals surface area contributed by atoms with Crippen molar-refractivity contribution < 1.29 is 28.6 Å². The van der Waals surface area contributed by atoms with Gasteiger partial charge in [-0.1, -0.05) is 30.4 Å². The van der Waals surface area contributed by atoms with Gasteiger partial charge >= 0.3 is 5.91 Å². The zero-order valence-electron chi connectivity index (χ0n) is 20.7. The lowest BCUT2D eigenvalue weighted by atomic mass is 9.99. The second kappa shape index (κ2) is 10.1. The standard InChI is InChI=1S/C28H26N2O6S/c1-4-13-35-18-8-6-7-17(14-18)25(31)23-24(21-12-9-16(3)36-21)30(27(33)26(23)32)28-29-20-11-10-19(34-5-2)15-22(20)37-28/h6-12,14-15,24,31H,4-5,13H2,1-3H3. The van der Waals surface area contributed by atoms with Gasteiger partial charge in [0.15, 0.2) is 5.13 Å². The average molecular weight is 519 g/mol. The Morgan fingerprint density at radius 3 is 2.62 bits per heavy atom. The minimum Gasteiger partial charge on any atom is -0.507 e. The lowest BCUT2D eigenvalue weighted by Gasteiger charge is -2.20. The number of aliphatic hydroxyl groups excluding tert-OH is 1. The number of rotatable bonds is 8. The highest BCUT2D eigenvalue weighted by Gasteiger charge is 2.49. The van der Waals surface area contributed by atoms with E-state index < -0.39 is 17.7 Å². The minimum absolute atomic E-state index is 0.0683. The molecule has 0 bridgehead atoms. The summed E-state index contributed by atoms with van der Waals surface area (Å²) in [6.07, 6.45) is 0.827. The second-order valence-corrected chi connectivity index (χ2v) is 9.56. The second-order valence-electron chi connectivity index (χ2n) is 8.55. The van der Waals surface area contributed by atoms with E-state index in [-0.39, 0.29) is 11.3 Å². The first kappa shape index (κ1) is 24.6. The number of hydrogen-bond acceptors (Lipinski definition) is 8. The number of anilines is 1. The Labute approximate surface area is 217 Å². The van der Waals surface area contributed by atoms with Gasteiger partial charge in [0.2, 0.25) is 0 Å². The quantitative estimate of drug-likeness (QED) is 0.173. The van der Waals surface area contributed by atoms with Gasteiger partial charge in [-0.3, -0.25) is 14.5 Å². The van der Waals surface area contributed by atoms with Crippen molar-refractivity contribution in [3.05, 3.63) is 77.3 Å². The third-order valence-electron chi connectivity index (χ3n) is 5.92. The van der Waals surface area contributed by atoms with Crippen molar-refractivity contribution in [1.82, 2.24) is 4.98 Å². The summed E-state index contributed by atoms with van der Waals surface area (Å²) in [7, 11) is 0. The summed E-state index contributed by atoms with van der Waals surface area (Å²) in [5.41, 5.74) is 0.965. The number of amides is 1. The number of aryl methyl sites for hydroxylation is 1. The smallest absolute Gasteiger partial charge is 0.302 e. The van der Waals surface area contributed by atoms with E-state index in [0.717, 1.165) is 11.1 Å². The van der Waals surface area contributed by atoms with Crippen LogP contribution in [-0.2, 0) is 9.59 Å². The fourth-order valence-electron chi connectivity index (χ4n) is 4.26. The molecule has 9 heteroatoms. The number of fused-ring (bicyclic) bond motifs is 1. The number of benzene rings is 2. The van der Waals surface area contributed by atoms with Crippen LogP contribution in [-0.4, -0.2) is 35.0 Å². The highest BCUT2D eigenvalue weighted by molar-refractivity contribution is 7.22. The maximum absolute atomic E-state index is 13.4. The summed E-state index contributed by atoms with van der Waals surface area (Å²) in [4.78, 5) is 32.7. The molecule has 2 aromatic heterocycles. The number of furan rings is 1. The molecule has 2 aromatic carbocycles. The maximum atomic E-state index is 13.4. The summed E-state index contributed by atoms with van der Waals surface area (Å²) in [5.74, 6) is 0.305. The number of aliphatic hydroxyl groups is 1. The van der Waals surface area contributed by atoms with E-state index in [1.54, 1.807) is 43.3 Å². The molecule has 0 spiro atoms. The number of thiazole rings is 1. The minimum atomic E-state index is -0.985. The molecule has 0 saturated carbocycles. The van der Waals surface area contributed by atoms with Crippen LogP contribution >= 0.6 is 11.3 Å². The number of ether oxygens (including phenoxy) is 2. The van der Waals surface area contributed by atoms with Crippen LogP contribution in [0.1, 0.15) is 43.4 Å². The van der Waals surface area contributed by atoms with E-state index in [2.05, 4.69) is 4.98 Å². The zero-order chi connectivity index (χ0) is 26.1. The molecule has 5 rings (SSSR count). The molecule has 3 heterocycles. The number of aromatic nitrogens is 1. The Morgan fingerprint density at radius 2 is 1.89 bits per heavy atom. The van der Waals surface area contributed by atoms with Crippen LogP contribution in [0, 0.1) is 6.92 Å². The Bertz CT molecular complexity index is 1520. The van der Waals surface area contributed by atoms with Crippen molar-refractivity contribution in [2.75, 3.05) is 18.1 Å². The fourth-order valence-corrected chi connectivity index (χ4v) is 5.28. The Balaban J connectivity index is 1.64. The summed E-state index contributed by atoms with van der Waals surface area (Å²) in [6, 6.07) is 14.8. The van der Waals surface area contributed by atoms with Gasteiger partial charge in [0.25, 0.3) is 5.78 Å². The molecule has 1 amide bonds. The SMILES string of the molecule is CCCOc1cccc(C(O)=C2C(=O)C(=O)N(c3nc4ccc(OCC)cc4s3)C2c2ccc(C)o2)c1. The first-order valence-corrected chi connectivity index (χ1v) is 12.9. The van der Waals surface area contributed by atoms with E-state index in [0.29, 0.717) is 52.4 Å². The lowest BCUT2D eigenvalue weighted by Crippen LogP contribution is -2.29. The molecule has 1 aliphatic rings. The topological polar surface area (TPSA) is 102 Å². The van der Waals surface area contributed by atoms with E-state index in [1.165, 1.54) is 16.2 Å². The number of hydrogen-bond donors (Lipinski definition) is 1. The van der Waals surface area contributed by atoms with E-state index >= 15 is 0 Å². The van der Waals surface area contributed by atoms with Crippen LogP contribution in [0.3, 0.4) is 0 Å². The first-order valence-electron chi connectivity index (χ1n) is 12.0. The molecule has 1 unspecified atom stereocenters. The van der Waals surface area contributed by atoms with Crippen molar-refractivity contribution in [2.45, 2.75) is 33.2 Å². The molecule has 1 atom stereocenters. The number of carbonyl (C=O) groups excluding carboxylic acids is 2. The molecule has 190 valence electrons. The molecule has 4 aromatic rings. The lowest BCUT2D eigenvalue weighted by molar-refractivity contribution is -0.132. The molecule has 8 nitrogen and oxygen atoms in total. The predicted octanol–water partition coefficient (Wildman–Crippen LogP) is 6.01. The normalized spacial score (nSPS) is 17.1. The molecule has 0 radical (unpaired) electrons. The van der Waals surface area contributed by atoms with Crippen molar-refractivity contribution >= 4 is 44.1 Å². The van der Waals surface area contributed by atoms with E-state index in [4.69, 9.17) is 13.9 Å². The van der Waals surface area contributed by atoms with Crippen LogP contribution in [0.15, 0.2) is 64.6 Å². The number of nitrogens with zero attached hydrogens (tertiary/aromatic N) is 2. The van der Waals surface area contributed by atoms with Crippen LogP contribution in [0.5, 0.6) is 11.5 Å². The number of ketones is 1. The third kappa shape index (κ3) is 4.58. The molecule has 1 fully saturated rings. The number of carbonyl (C=O) groups is 2. The van der Waals surface area contributed by atoms with Crippen LogP contribution in [0.2, 0.25) is 0 Å². The molecule has 0 aliphatic carbocycles. The zero-order valence-corrected chi connectivity index (χ0v) is 21.5. The van der Waals surface area contributed by atoms with Crippen LogP contribution in [0.25, 0.3) is 16.0 Å². The van der Waals surface area contributed by atoms with Crippen molar-refractivity contribution in [3.8, 4) is 11.5 Å². The van der Waals surface area contributed by atoms with Crippen molar-refractivity contribution in [3.63, 3.8) is 0 Å². The van der Waals surface area contributed by atoms with Gasteiger partial charge in [0.1, 0.15) is 34.8 Å². The highest BCUT2D eigenvalue weighted by atomic mass is 32.1. The van der Waals surface area contributed by atoms with Gasteiger partial charge in [-0.2, -0.15) is 0 Å². The van der Waals surface area contributed by atoms with E-state index in [1.807, 2.05) is 32.0 Å². The Kier molecular flexibility index (Phi) is 6.71. The van der Waals surface area contributed by atoms with Gasteiger partial charge in [-0.05, 0) is 62.7 Å². The van der Waals surface area contributed by atoms with Crippen LogP contribution < -0.4 is 14.4 Å². The molecular weight excluding hydrogens is 492 g/mol. The molecule has 1 N–H and O–H groups in total. The monoisotopic (exact) mass is 518 g/mol.